The van der Waals surface area contributed by atoms with Crippen LogP contribution in [0, 0.1) is 0 Å². The average Bonchev–Trinajstić information content (AvgIpc) is 2.43. The van der Waals surface area contributed by atoms with Crippen LogP contribution < -0.4 is 0 Å². The number of rotatable bonds is 5. The summed E-state index contributed by atoms with van der Waals surface area (Å²) in [6.07, 6.45) is -20.5. The van der Waals surface area contributed by atoms with Gasteiger partial charge in [-0.25, -0.2) is 4.79 Å². The minimum absolute atomic E-state index is 0.101. The predicted octanol–water partition coefficient (Wildman–Crippen LogP) is 4.29. The van der Waals surface area contributed by atoms with E-state index in [9.17, 15) is 44.3 Å². The number of hydrogen-bond donors (Lipinski definition) is 0. The minimum Gasteiger partial charge on any atom is -0.460 e. The molecule has 0 fully saturated rings. The van der Waals surface area contributed by atoms with Gasteiger partial charge in [-0.2, -0.15) is 39.5 Å². The van der Waals surface area contributed by atoms with Gasteiger partial charge in [-0.05, 0) is 12.1 Å². The molecule has 25 heavy (non-hydrogen) atoms. The van der Waals surface area contributed by atoms with Crippen molar-refractivity contribution in [1.82, 2.24) is 0 Å². The number of hydrogen-bond acceptors (Lipinski definition) is 3. The fourth-order valence-corrected chi connectivity index (χ4v) is 1.71. The van der Waals surface area contributed by atoms with Crippen LogP contribution >= 0.6 is 0 Å². The lowest BCUT2D eigenvalue weighted by Crippen LogP contribution is -2.68. The van der Waals surface area contributed by atoms with Crippen LogP contribution in [0.3, 0.4) is 0 Å². The summed E-state index contributed by atoms with van der Waals surface area (Å²) in [7, 11) is 0. The fraction of sp³-hybridized carbons (Fsp3) is 0.462. The number of carbonyl (C=O) groups is 1. The molecule has 1 aromatic carbocycles. The van der Waals surface area contributed by atoms with Crippen molar-refractivity contribution >= 4 is 5.97 Å². The van der Waals surface area contributed by atoms with Crippen molar-refractivity contribution < 1.29 is 53.8 Å². The predicted molar refractivity (Wildman–Crippen MR) is 63.6 cm³/mol. The Kier molecular flexibility index (Phi) is 5.98. The number of alkyl halides is 9. The van der Waals surface area contributed by atoms with Gasteiger partial charge in [0, 0.05) is 0 Å². The van der Waals surface area contributed by atoms with Gasteiger partial charge in [-0.15, -0.1) is 0 Å². The van der Waals surface area contributed by atoms with Gasteiger partial charge in [0.2, 0.25) is 0 Å². The van der Waals surface area contributed by atoms with Crippen molar-refractivity contribution in [2.45, 2.75) is 24.1 Å². The third kappa shape index (κ3) is 4.35. The first kappa shape index (κ1) is 21.1. The van der Waals surface area contributed by atoms with Crippen LogP contribution in [0.1, 0.15) is 10.4 Å². The van der Waals surface area contributed by atoms with Gasteiger partial charge in [0.05, 0.1) is 12.2 Å². The molecule has 0 unspecified atom stereocenters. The third-order valence-corrected chi connectivity index (χ3v) is 2.84. The van der Waals surface area contributed by atoms with Crippen molar-refractivity contribution in [2.75, 3.05) is 13.2 Å². The molecule has 0 atom stereocenters. The molecule has 0 aliphatic rings. The number of halogens is 9. The molecule has 12 heteroatoms. The maximum Gasteiger partial charge on any atom is 0.435 e. The number of ether oxygens (including phenoxy) is 2. The second kappa shape index (κ2) is 7.10. The van der Waals surface area contributed by atoms with E-state index in [1.165, 1.54) is 30.3 Å². The summed E-state index contributed by atoms with van der Waals surface area (Å²) in [5.41, 5.74) is -6.48. The zero-order valence-corrected chi connectivity index (χ0v) is 11.9. The molecule has 0 bridgehead atoms. The van der Waals surface area contributed by atoms with Crippen LogP contribution in [-0.2, 0) is 9.47 Å². The maximum atomic E-state index is 12.5. The highest BCUT2D eigenvalue weighted by molar-refractivity contribution is 5.89. The quantitative estimate of drug-likeness (QED) is 0.432. The Bertz CT molecular complexity index is 539. The van der Waals surface area contributed by atoms with Crippen LogP contribution in [0.5, 0.6) is 0 Å². The first-order valence-corrected chi connectivity index (χ1v) is 6.30. The van der Waals surface area contributed by atoms with Crippen molar-refractivity contribution in [2.24, 2.45) is 0 Å². The summed E-state index contributed by atoms with van der Waals surface area (Å²) in [5.74, 6) is -1.15. The lowest BCUT2D eigenvalue weighted by molar-refractivity contribution is -0.457. The van der Waals surface area contributed by atoms with E-state index in [4.69, 9.17) is 0 Å². The van der Waals surface area contributed by atoms with E-state index in [2.05, 4.69) is 9.47 Å². The Morgan fingerprint density at radius 1 is 0.760 bits per heavy atom. The van der Waals surface area contributed by atoms with Gasteiger partial charge < -0.3 is 9.47 Å². The Morgan fingerprint density at radius 2 is 1.20 bits per heavy atom. The average molecular weight is 384 g/mol. The minimum atomic E-state index is -6.83. The third-order valence-electron chi connectivity index (χ3n) is 2.84. The summed E-state index contributed by atoms with van der Waals surface area (Å²) < 4.78 is 120. The monoisotopic (exact) mass is 384 g/mol. The van der Waals surface area contributed by atoms with Gasteiger partial charge in [0.1, 0.15) is 6.61 Å². The Balaban J connectivity index is 2.86. The molecule has 0 saturated heterocycles. The number of carbonyl (C=O) groups excluding carboxylic acids is 1. The first-order valence-electron chi connectivity index (χ1n) is 6.30. The van der Waals surface area contributed by atoms with Crippen LogP contribution in [0.15, 0.2) is 30.3 Å². The van der Waals surface area contributed by atoms with Crippen LogP contribution in [-0.4, -0.2) is 43.3 Å². The summed E-state index contributed by atoms with van der Waals surface area (Å²) in [6.45, 7) is -3.03. The van der Waals surface area contributed by atoms with Crippen molar-refractivity contribution in [3.05, 3.63) is 35.9 Å². The van der Waals surface area contributed by atoms with Crippen LogP contribution in [0.2, 0.25) is 0 Å². The van der Waals surface area contributed by atoms with E-state index < -0.39 is 43.3 Å². The van der Waals surface area contributed by atoms with Gasteiger partial charge in [0.25, 0.3) is 0 Å². The molecule has 1 aromatic rings. The van der Waals surface area contributed by atoms with Crippen LogP contribution in [0.4, 0.5) is 39.5 Å². The molecule has 3 nitrogen and oxygen atoms in total. The highest BCUT2D eigenvalue weighted by Gasteiger charge is 2.85. The lowest BCUT2D eigenvalue weighted by atomic mass is 10.0. The molecular weight excluding hydrogens is 375 g/mol. The van der Waals surface area contributed by atoms with Crippen molar-refractivity contribution in [3.63, 3.8) is 0 Å². The molecule has 142 valence electrons. The zero-order valence-electron chi connectivity index (χ0n) is 11.9. The summed E-state index contributed by atoms with van der Waals surface area (Å²) in [5, 5.41) is 0. The Morgan fingerprint density at radius 3 is 1.60 bits per heavy atom. The molecule has 0 heterocycles. The Labute approximate surface area is 134 Å². The SMILES string of the molecule is O=C(OCCOC(C(F)(F)F)(C(F)(F)F)C(F)(F)F)c1ccccc1. The smallest absolute Gasteiger partial charge is 0.435 e. The highest BCUT2D eigenvalue weighted by atomic mass is 19.4. The normalized spacial score (nSPS) is 13.6. The Hall–Kier alpha value is -1.98. The number of benzene rings is 1. The lowest BCUT2D eigenvalue weighted by Gasteiger charge is -2.37. The second-order valence-electron chi connectivity index (χ2n) is 4.52. The molecule has 0 saturated carbocycles. The largest absolute Gasteiger partial charge is 0.460 e. The molecule has 0 aromatic heterocycles. The summed E-state index contributed by atoms with van der Waals surface area (Å²) in [6, 6.07) is 6.71. The summed E-state index contributed by atoms with van der Waals surface area (Å²) in [4.78, 5) is 11.4. The zero-order chi connectivity index (χ0) is 19.5. The van der Waals surface area contributed by atoms with E-state index in [1.807, 2.05) is 0 Å². The number of esters is 1. The van der Waals surface area contributed by atoms with E-state index in [-0.39, 0.29) is 5.56 Å². The van der Waals surface area contributed by atoms with Gasteiger partial charge in [-0.3, -0.25) is 0 Å². The standard InChI is InChI=1S/C13H9F9O3/c14-11(15,16)10(12(17,18)19,13(20,21)22)25-7-6-24-9(23)8-4-2-1-3-5-8/h1-5H,6-7H2. The molecule has 0 aliphatic carbocycles. The molecule has 1 rings (SSSR count). The topological polar surface area (TPSA) is 35.5 Å². The van der Waals surface area contributed by atoms with E-state index in [1.54, 1.807) is 0 Å². The molecular formula is C13H9F9O3. The molecule has 0 spiro atoms. The first-order chi connectivity index (χ1) is 11.2. The van der Waals surface area contributed by atoms with E-state index >= 15 is 0 Å². The highest BCUT2D eigenvalue weighted by Crippen LogP contribution is 2.54. The van der Waals surface area contributed by atoms with Gasteiger partial charge in [0.15, 0.2) is 0 Å². The fourth-order valence-electron chi connectivity index (χ4n) is 1.71. The van der Waals surface area contributed by atoms with Crippen LogP contribution in [0.25, 0.3) is 0 Å². The van der Waals surface area contributed by atoms with E-state index in [0.29, 0.717) is 0 Å². The van der Waals surface area contributed by atoms with E-state index in [0.717, 1.165) is 0 Å². The molecule has 0 radical (unpaired) electrons. The second-order valence-corrected chi connectivity index (χ2v) is 4.52. The van der Waals surface area contributed by atoms with Crippen molar-refractivity contribution in [1.29, 1.82) is 0 Å². The van der Waals surface area contributed by atoms with Crippen molar-refractivity contribution in [3.8, 4) is 0 Å². The molecule has 0 N–H and O–H groups in total. The summed E-state index contributed by atoms with van der Waals surface area (Å²) >= 11 is 0. The molecule has 0 aliphatic heterocycles. The van der Waals surface area contributed by atoms with Gasteiger partial charge >= 0.3 is 30.1 Å². The maximum absolute atomic E-state index is 12.5. The van der Waals surface area contributed by atoms with Gasteiger partial charge in [-0.1, -0.05) is 18.2 Å². The molecule has 0 amide bonds.